The van der Waals surface area contributed by atoms with Crippen molar-refractivity contribution in [1.82, 2.24) is 4.90 Å². The van der Waals surface area contributed by atoms with Crippen LogP contribution < -0.4 is 5.73 Å². The van der Waals surface area contributed by atoms with Gasteiger partial charge in [-0.1, -0.05) is 0 Å². The van der Waals surface area contributed by atoms with Gasteiger partial charge >= 0.3 is 5.97 Å². The third kappa shape index (κ3) is 3.18. The lowest BCUT2D eigenvalue weighted by atomic mass is 10.0. The minimum Gasteiger partial charge on any atom is -0.468 e. The number of nitrogens with two attached hydrogens (primary N) is 1. The first-order valence-electron chi connectivity index (χ1n) is 5.46. The number of rotatable bonds is 5. The average molecular weight is 214 g/mol. The van der Waals surface area contributed by atoms with E-state index < -0.39 is 5.54 Å². The molecule has 1 aliphatic carbocycles. The smallest absolute Gasteiger partial charge is 0.326 e. The Morgan fingerprint density at radius 3 is 2.60 bits per heavy atom. The number of hydrogen-bond donors (Lipinski definition) is 1. The number of methoxy groups -OCH3 is 1. The van der Waals surface area contributed by atoms with E-state index in [9.17, 15) is 4.79 Å². The maximum atomic E-state index is 11.4. The molecule has 2 N–H and O–H groups in total. The molecule has 4 heteroatoms. The Labute approximate surface area is 91.8 Å². The number of carbonyl (C=O) groups is 1. The summed E-state index contributed by atoms with van der Waals surface area (Å²) in [6.07, 6.45) is 2.59. The maximum Gasteiger partial charge on any atom is 0.326 e. The number of hydrogen-bond acceptors (Lipinski definition) is 4. The third-order valence-electron chi connectivity index (χ3n) is 3.23. The molecule has 15 heavy (non-hydrogen) atoms. The zero-order chi connectivity index (χ0) is 11.6. The van der Waals surface area contributed by atoms with Crippen LogP contribution in [0.15, 0.2) is 0 Å². The standard InChI is InChI=1S/C11H22N2O2/c1-8(9-5-6-9)13(3)7-11(2,12)10(14)15-4/h8-9H,5-7,12H2,1-4H3. The summed E-state index contributed by atoms with van der Waals surface area (Å²) in [5.74, 6) is 0.431. The van der Waals surface area contributed by atoms with Gasteiger partial charge in [0.1, 0.15) is 5.54 Å². The number of nitrogens with zero attached hydrogens (tertiary/aromatic N) is 1. The molecule has 0 bridgehead atoms. The fraction of sp³-hybridized carbons (Fsp3) is 0.909. The van der Waals surface area contributed by atoms with Gasteiger partial charge in [0.15, 0.2) is 0 Å². The van der Waals surface area contributed by atoms with Gasteiger partial charge in [0.25, 0.3) is 0 Å². The van der Waals surface area contributed by atoms with E-state index in [1.807, 2.05) is 7.05 Å². The summed E-state index contributed by atoms with van der Waals surface area (Å²) < 4.78 is 4.68. The Kier molecular flexibility index (Phi) is 3.73. The van der Waals surface area contributed by atoms with E-state index in [-0.39, 0.29) is 5.97 Å². The zero-order valence-corrected chi connectivity index (χ0v) is 10.1. The van der Waals surface area contributed by atoms with Crippen LogP contribution in [0.2, 0.25) is 0 Å². The average Bonchev–Trinajstić information content (AvgIpc) is 2.97. The molecule has 0 spiro atoms. The van der Waals surface area contributed by atoms with Gasteiger partial charge in [0.05, 0.1) is 7.11 Å². The summed E-state index contributed by atoms with van der Waals surface area (Å²) in [6.45, 7) is 4.44. The lowest BCUT2D eigenvalue weighted by Crippen LogP contribution is -2.55. The number of ether oxygens (including phenoxy) is 1. The minimum atomic E-state index is -0.910. The highest BCUT2D eigenvalue weighted by molar-refractivity contribution is 5.80. The quantitative estimate of drug-likeness (QED) is 0.681. The molecule has 2 unspecified atom stereocenters. The molecule has 1 rings (SSSR count). The molecule has 0 saturated heterocycles. The Morgan fingerprint density at radius 1 is 1.67 bits per heavy atom. The second kappa shape index (κ2) is 4.49. The van der Waals surface area contributed by atoms with Crippen LogP contribution in [0.25, 0.3) is 0 Å². The molecule has 0 aromatic carbocycles. The molecule has 2 atom stereocenters. The molecule has 0 heterocycles. The van der Waals surface area contributed by atoms with Gasteiger partial charge in [-0.3, -0.25) is 4.79 Å². The van der Waals surface area contributed by atoms with Crippen molar-refractivity contribution in [3.8, 4) is 0 Å². The van der Waals surface area contributed by atoms with Crippen LogP contribution in [-0.2, 0) is 9.53 Å². The Bertz CT molecular complexity index is 237. The Morgan fingerprint density at radius 2 is 2.20 bits per heavy atom. The van der Waals surface area contributed by atoms with E-state index in [1.54, 1.807) is 6.92 Å². The summed E-state index contributed by atoms with van der Waals surface area (Å²) in [7, 11) is 3.38. The number of esters is 1. The van der Waals surface area contributed by atoms with Crippen LogP contribution in [0.5, 0.6) is 0 Å². The normalized spacial score (nSPS) is 22.3. The van der Waals surface area contributed by atoms with Gasteiger partial charge in [0.2, 0.25) is 0 Å². The first-order valence-corrected chi connectivity index (χ1v) is 5.46. The molecule has 0 aliphatic heterocycles. The van der Waals surface area contributed by atoms with Crippen molar-refractivity contribution < 1.29 is 9.53 Å². The van der Waals surface area contributed by atoms with E-state index in [4.69, 9.17) is 5.73 Å². The highest BCUT2D eigenvalue weighted by atomic mass is 16.5. The molecule has 88 valence electrons. The van der Waals surface area contributed by atoms with Crippen molar-refractivity contribution >= 4 is 5.97 Å². The van der Waals surface area contributed by atoms with Gasteiger partial charge in [-0.2, -0.15) is 0 Å². The zero-order valence-electron chi connectivity index (χ0n) is 10.1. The topological polar surface area (TPSA) is 55.6 Å². The highest BCUT2D eigenvalue weighted by Gasteiger charge is 2.36. The number of likely N-dealkylation sites (N-methyl/N-ethyl adjacent to an activating group) is 1. The predicted octanol–water partition coefficient (Wildman–Crippen LogP) is 0.607. The highest BCUT2D eigenvalue weighted by Crippen LogP contribution is 2.34. The van der Waals surface area contributed by atoms with Crippen molar-refractivity contribution in [2.75, 3.05) is 20.7 Å². The minimum absolute atomic E-state index is 0.350. The molecular weight excluding hydrogens is 192 g/mol. The second-order valence-electron chi connectivity index (χ2n) is 4.90. The molecule has 1 fully saturated rings. The van der Waals surface area contributed by atoms with Crippen LogP contribution in [-0.4, -0.2) is 43.2 Å². The largest absolute Gasteiger partial charge is 0.468 e. The monoisotopic (exact) mass is 214 g/mol. The van der Waals surface area contributed by atoms with Crippen molar-refractivity contribution in [3.05, 3.63) is 0 Å². The van der Waals surface area contributed by atoms with Crippen LogP contribution in [0, 0.1) is 5.92 Å². The van der Waals surface area contributed by atoms with E-state index in [1.165, 1.54) is 20.0 Å². The van der Waals surface area contributed by atoms with E-state index in [0.29, 0.717) is 12.6 Å². The van der Waals surface area contributed by atoms with E-state index in [0.717, 1.165) is 5.92 Å². The lowest BCUT2D eigenvalue weighted by molar-refractivity contribution is -0.147. The second-order valence-corrected chi connectivity index (χ2v) is 4.90. The number of carbonyl (C=O) groups excluding carboxylic acids is 1. The Balaban J connectivity index is 2.47. The Hall–Kier alpha value is -0.610. The van der Waals surface area contributed by atoms with Gasteiger partial charge in [0, 0.05) is 12.6 Å². The first kappa shape index (κ1) is 12.5. The molecule has 0 aromatic rings. The van der Waals surface area contributed by atoms with Crippen LogP contribution in [0.1, 0.15) is 26.7 Å². The van der Waals surface area contributed by atoms with E-state index in [2.05, 4.69) is 16.6 Å². The molecule has 1 aliphatic rings. The molecule has 1 saturated carbocycles. The van der Waals surface area contributed by atoms with Crippen LogP contribution in [0.3, 0.4) is 0 Å². The lowest BCUT2D eigenvalue weighted by Gasteiger charge is -2.31. The van der Waals surface area contributed by atoms with Crippen molar-refractivity contribution in [2.24, 2.45) is 11.7 Å². The molecule has 0 aromatic heterocycles. The first-order chi connectivity index (χ1) is 6.88. The van der Waals surface area contributed by atoms with Gasteiger partial charge < -0.3 is 15.4 Å². The summed E-state index contributed by atoms with van der Waals surface area (Å²) in [4.78, 5) is 13.6. The van der Waals surface area contributed by atoms with Gasteiger partial charge in [-0.15, -0.1) is 0 Å². The third-order valence-corrected chi connectivity index (χ3v) is 3.23. The van der Waals surface area contributed by atoms with Crippen molar-refractivity contribution in [1.29, 1.82) is 0 Å². The summed E-state index contributed by atoms with van der Waals surface area (Å²) in [5.41, 5.74) is 5.00. The maximum absolute atomic E-state index is 11.4. The molecule has 0 radical (unpaired) electrons. The predicted molar refractivity (Wildman–Crippen MR) is 59.4 cm³/mol. The fourth-order valence-electron chi connectivity index (χ4n) is 1.90. The van der Waals surface area contributed by atoms with E-state index >= 15 is 0 Å². The van der Waals surface area contributed by atoms with Crippen LogP contribution in [0.4, 0.5) is 0 Å². The summed E-state index contributed by atoms with van der Waals surface area (Å²) in [6, 6.07) is 0.498. The SMILES string of the molecule is COC(=O)C(C)(N)CN(C)C(C)C1CC1. The van der Waals surface area contributed by atoms with Crippen molar-refractivity contribution in [2.45, 2.75) is 38.3 Å². The van der Waals surface area contributed by atoms with Gasteiger partial charge in [-0.05, 0) is 39.7 Å². The molecular formula is C11H22N2O2. The fourth-order valence-corrected chi connectivity index (χ4v) is 1.90. The molecule has 4 nitrogen and oxygen atoms in total. The van der Waals surface area contributed by atoms with Gasteiger partial charge in [-0.25, -0.2) is 0 Å². The van der Waals surface area contributed by atoms with Crippen molar-refractivity contribution in [3.63, 3.8) is 0 Å². The molecule has 0 amide bonds. The summed E-state index contributed by atoms with van der Waals surface area (Å²) >= 11 is 0. The van der Waals surface area contributed by atoms with Crippen LogP contribution >= 0.6 is 0 Å². The summed E-state index contributed by atoms with van der Waals surface area (Å²) in [5, 5.41) is 0.